The van der Waals surface area contributed by atoms with Crippen molar-refractivity contribution in [2.75, 3.05) is 5.32 Å². The van der Waals surface area contributed by atoms with Crippen LogP contribution in [0.15, 0.2) is 168 Å². The molecule has 1 aliphatic rings. The first-order chi connectivity index (χ1) is 23.8. The fraction of sp³-hybridized carbons (Fsp3) is 0.0233. The molecular formula is C43H29N3O2. The van der Waals surface area contributed by atoms with Gasteiger partial charge in [-0.25, -0.2) is 9.97 Å². The van der Waals surface area contributed by atoms with E-state index >= 15 is 0 Å². The predicted molar refractivity (Wildman–Crippen MR) is 192 cm³/mol. The number of para-hydroxylation sites is 4. The molecule has 1 atom stereocenters. The second kappa shape index (κ2) is 11.7. The maximum atomic E-state index is 6.20. The van der Waals surface area contributed by atoms with E-state index in [0.717, 1.165) is 78.4 Å². The summed E-state index contributed by atoms with van der Waals surface area (Å²) >= 11 is 0. The van der Waals surface area contributed by atoms with Crippen molar-refractivity contribution < 1.29 is 9.15 Å². The summed E-state index contributed by atoms with van der Waals surface area (Å²) in [7, 11) is 0. The van der Waals surface area contributed by atoms with Crippen molar-refractivity contribution in [3.63, 3.8) is 0 Å². The van der Waals surface area contributed by atoms with Crippen LogP contribution in [0.1, 0.15) is 11.8 Å². The first-order valence-electron chi connectivity index (χ1n) is 16.0. The third-order valence-electron chi connectivity index (χ3n) is 8.80. The molecular weight excluding hydrogens is 590 g/mol. The Balaban J connectivity index is 1.16. The smallest absolute Gasteiger partial charge is 0.227 e. The second-order valence-electron chi connectivity index (χ2n) is 11.8. The van der Waals surface area contributed by atoms with E-state index in [1.807, 2.05) is 60.7 Å². The Kier molecular flexibility index (Phi) is 6.79. The molecule has 9 rings (SSSR count). The molecule has 0 saturated carbocycles. The number of benzene rings is 6. The number of rotatable bonds is 6. The Morgan fingerprint density at radius 1 is 0.479 bits per heavy atom. The maximum absolute atomic E-state index is 6.20. The number of fused-ring (bicyclic) bond motifs is 2. The van der Waals surface area contributed by atoms with Gasteiger partial charge in [-0.3, -0.25) is 0 Å². The number of hydrogen-bond donors (Lipinski definition) is 1. The van der Waals surface area contributed by atoms with Crippen molar-refractivity contribution in [2.45, 2.75) is 6.23 Å². The summed E-state index contributed by atoms with van der Waals surface area (Å²) in [6.07, 6.45) is -0.237. The highest BCUT2D eigenvalue weighted by molar-refractivity contribution is 5.91. The first kappa shape index (κ1) is 27.8. The summed E-state index contributed by atoms with van der Waals surface area (Å²) < 4.78 is 12.3. The van der Waals surface area contributed by atoms with Gasteiger partial charge in [-0.05, 0) is 53.6 Å². The van der Waals surface area contributed by atoms with Crippen LogP contribution in [0.3, 0.4) is 0 Å². The van der Waals surface area contributed by atoms with Crippen LogP contribution in [0.2, 0.25) is 0 Å². The molecule has 8 aromatic rings. The van der Waals surface area contributed by atoms with Gasteiger partial charge in [0.2, 0.25) is 5.89 Å². The number of nitrogens with zero attached hydrogens (tertiary/aromatic N) is 2. The molecule has 5 nitrogen and oxygen atoms in total. The molecule has 0 aliphatic carbocycles. The van der Waals surface area contributed by atoms with E-state index in [9.17, 15) is 0 Å². The fourth-order valence-corrected chi connectivity index (χ4v) is 6.35. The molecule has 1 unspecified atom stereocenters. The lowest BCUT2D eigenvalue weighted by molar-refractivity contribution is 0.260. The normalized spacial score (nSPS) is 13.5. The summed E-state index contributed by atoms with van der Waals surface area (Å²) in [6, 6.07) is 55.9. The fourth-order valence-electron chi connectivity index (χ4n) is 6.35. The zero-order valence-electron chi connectivity index (χ0n) is 25.9. The molecule has 48 heavy (non-hydrogen) atoms. The summed E-state index contributed by atoms with van der Waals surface area (Å²) in [4.78, 5) is 10.1. The minimum Gasteiger partial charge on any atom is -0.464 e. The minimum atomic E-state index is -0.237. The van der Waals surface area contributed by atoms with Crippen LogP contribution < -0.4 is 10.1 Å². The molecule has 0 amide bonds. The number of ether oxygens (including phenoxy) is 1. The topological polar surface area (TPSA) is 60.2 Å². The van der Waals surface area contributed by atoms with E-state index in [1.165, 1.54) is 0 Å². The van der Waals surface area contributed by atoms with E-state index in [2.05, 4.69) is 108 Å². The maximum Gasteiger partial charge on any atom is 0.227 e. The van der Waals surface area contributed by atoms with Crippen LogP contribution in [0, 0.1) is 0 Å². The van der Waals surface area contributed by atoms with Gasteiger partial charge in [0.05, 0.1) is 17.1 Å². The average molecular weight is 620 g/mol. The van der Waals surface area contributed by atoms with Crippen molar-refractivity contribution in [1.82, 2.24) is 9.97 Å². The van der Waals surface area contributed by atoms with Crippen molar-refractivity contribution in [2.24, 2.45) is 0 Å². The second-order valence-corrected chi connectivity index (χ2v) is 11.8. The lowest BCUT2D eigenvalue weighted by atomic mass is 9.91. The standard InChI is InChI=1S/C43H29N3O2/c1-3-11-30(12-4-1)40-34(28-19-23-32(24-20-28)42-44-36-15-7-9-17-38(36)47-42)27-35(41(46-40)31-13-5-2-6-14-31)29-21-25-33(26-22-29)43-45-37-16-8-10-18-39(37)48-43/h1-27,42,44H. The molecule has 0 saturated heterocycles. The number of pyridine rings is 1. The lowest BCUT2D eigenvalue weighted by Gasteiger charge is -2.18. The molecule has 0 radical (unpaired) electrons. The van der Waals surface area contributed by atoms with Gasteiger partial charge in [0.1, 0.15) is 11.3 Å². The van der Waals surface area contributed by atoms with Crippen molar-refractivity contribution in [1.29, 1.82) is 0 Å². The largest absolute Gasteiger partial charge is 0.464 e. The van der Waals surface area contributed by atoms with Crippen LogP contribution in [-0.4, -0.2) is 9.97 Å². The van der Waals surface area contributed by atoms with Crippen LogP contribution in [-0.2, 0) is 0 Å². The molecule has 1 aliphatic heterocycles. The highest BCUT2D eigenvalue weighted by atomic mass is 16.5. The van der Waals surface area contributed by atoms with E-state index in [4.69, 9.17) is 19.1 Å². The third-order valence-corrected chi connectivity index (χ3v) is 8.80. The monoisotopic (exact) mass is 619 g/mol. The Hall–Kier alpha value is -6.46. The van der Waals surface area contributed by atoms with Crippen molar-refractivity contribution >= 4 is 16.8 Å². The van der Waals surface area contributed by atoms with Gasteiger partial charge in [-0.2, -0.15) is 0 Å². The van der Waals surface area contributed by atoms with E-state index in [1.54, 1.807) is 0 Å². The zero-order valence-corrected chi connectivity index (χ0v) is 25.9. The van der Waals surface area contributed by atoms with Crippen LogP contribution in [0.25, 0.3) is 67.3 Å². The molecule has 5 heteroatoms. The van der Waals surface area contributed by atoms with Gasteiger partial charge >= 0.3 is 0 Å². The molecule has 0 fully saturated rings. The lowest BCUT2D eigenvalue weighted by Crippen LogP contribution is -2.09. The van der Waals surface area contributed by atoms with E-state index in [-0.39, 0.29) is 6.23 Å². The van der Waals surface area contributed by atoms with Crippen LogP contribution in [0.4, 0.5) is 5.69 Å². The summed E-state index contributed by atoms with van der Waals surface area (Å²) in [5.74, 6) is 1.47. The number of anilines is 1. The molecule has 1 N–H and O–H groups in total. The Bertz CT molecular complexity index is 2330. The van der Waals surface area contributed by atoms with Gasteiger partial charge in [-0.1, -0.05) is 121 Å². The quantitative estimate of drug-likeness (QED) is 0.201. The average Bonchev–Trinajstić information content (AvgIpc) is 3.80. The number of oxazole rings is 1. The molecule has 6 aromatic carbocycles. The summed E-state index contributed by atoms with van der Waals surface area (Å²) in [5, 5.41) is 3.48. The van der Waals surface area contributed by atoms with Gasteiger partial charge in [0.25, 0.3) is 0 Å². The Labute approximate surface area is 278 Å². The van der Waals surface area contributed by atoms with Crippen LogP contribution in [0.5, 0.6) is 5.75 Å². The number of aromatic nitrogens is 2. The van der Waals surface area contributed by atoms with E-state index < -0.39 is 0 Å². The van der Waals surface area contributed by atoms with E-state index in [0.29, 0.717) is 5.89 Å². The first-order valence-corrected chi connectivity index (χ1v) is 16.0. The summed E-state index contributed by atoms with van der Waals surface area (Å²) in [5.41, 5.74) is 12.8. The molecule has 3 heterocycles. The zero-order chi connectivity index (χ0) is 31.9. The predicted octanol–water partition coefficient (Wildman–Crippen LogP) is 11.1. The molecule has 0 bridgehead atoms. The number of nitrogens with one attached hydrogen (secondary N) is 1. The molecule has 2 aromatic heterocycles. The minimum absolute atomic E-state index is 0.237. The van der Waals surface area contributed by atoms with Crippen LogP contribution >= 0.6 is 0 Å². The Morgan fingerprint density at radius 2 is 1.04 bits per heavy atom. The van der Waals surface area contributed by atoms with Gasteiger partial charge in [0.15, 0.2) is 11.8 Å². The number of hydrogen-bond acceptors (Lipinski definition) is 5. The third kappa shape index (κ3) is 5.08. The molecule has 0 spiro atoms. The van der Waals surface area contributed by atoms with Gasteiger partial charge in [-0.15, -0.1) is 0 Å². The SMILES string of the molecule is c1ccc(-c2nc(-c3ccccc3)c(-c3ccc(C4Nc5ccccc5O4)cc3)cc2-c2ccc(-c3nc4ccccc4o3)cc2)cc1. The van der Waals surface area contributed by atoms with Crippen molar-refractivity contribution in [3.8, 4) is 62.0 Å². The Morgan fingerprint density at radius 3 is 1.69 bits per heavy atom. The van der Waals surface area contributed by atoms with Crippen molar-refractivity contribution in [3.05, 3.63) is 169 Å². The summed E-state index contributed by atoms with van der Waals surface area (Å²) in [6.45, 7) is 0. The highest BCUT2D eigenvalue weighted by Crippen LogP contribution is 2.42. The van der Waals surface area contributed by atoms with Gasteiger partial charge in [0, 0.05) is 33.4 Å². The van der Waals surface area contributed by atoms with Gasteiger partial charge < -0.3 is 14.5 Å². The highest BCUT2D eigenvalue weighted by Gasteiger charge is 2.23. The molecule has 228 valence electrons.